The third-order valence-electron chi connectivity index (χ3n) is 2.77. The van der Waals surface area contributed by atoms with Crippen LogP contribution < -0.4 is 5.32 Å². The van der Waals surface area contributed by atoms with Crippen molar-refractivity contribution in [1.29, 1.82) is 0 Å². The summed E-state index contributed by atoms with van der Waals surface area (Å²) < 4.78 is 4.62. The molecule has 0 saturated carbocycles. The maximum Gasteiger partial charge on any atom is 0.325 e. The second-order valence-electron chi connectivity index (χ2n) is 3.91. The summed E-state index contributed by atoms with van der Waals surface area (Å²) in [6.45, 7) is 2.21. The Hall–Kier alpha value is -1.74. The lowest BCUT2D eigenvalue weighted by Gasteiger charge is -2.12. The van der Waals surface area contributed by atoms with Crippen LogP contribution in [0.3, 0.4) is 0 Å². The standard InChI is InChI=1S/C14H15NO2.ClH/c1-10-7-8-11-5-3-4-6-12(11)14(10)15-9-13(16)17-2;/h3-8,15H,9H2,1-2H3;1H. The molecule has 96 valence electrons. The van der Waals surface area contributed by atoms with E-state index in [9.17, 15) is 4.79 Å². The van der Waals surface area contributed by atoms with Gasteiger partial charge in [-0.2, -0.15) is 0 Å². The zero-order chi connectivity index (χ0) is 12.3. The predicted molar refractivity (Wildman–Crippen MR) is 76.4 cm³/mol. The number of aryl methyl sites for hydroxylation is 1. The van der Waals surface area contributed by atoms with Gasteiger partial charge in [0.1, 0.15) is 6.54 Å². The Morgan fingerprint density at radius 1 is 1.22 bits per heavy atom. The minimum Gasteiger partial charge on any atom is -0.468 e. The van der Waals surface area contributed by atoms with Gasteiger partial charge < -0.3 is 10.1 Å². The van der Waals surface area contributed by atoms with E-state index in [0.717, 1.165) is 22.0 Å². The van der Waals surface area contributed by atoms with E-state index in [1.54, 1.807) is 0 Å². The van der Waals surface area contributed by atoms with Gasteiger partial charge in [0.2, 0.25) is 0 Å². The molecular weight excluding hydrogens is 250 g/mol. The van der Waals surface area contributed by atoms with Crippen molar-refractivity contribution < 1.29 is 9.53 Å². The lowest BCUT2D eigenvalue weighted by atomic mass is 10.0. The van der Waals surface area contributed by atoms with E-state index >= 15 is 0 Å². The second-order valence-corrected chi connectivity index (χ2v) is 3.91. The minimum atomic E-state index is -0.266. The van der Waals surface area contributed by atoms with Crippen LogP contribution in [0.4, 0.5) is 5.69 Å². The van der Waals surface area contributed by atoms with Crippen molar-refractivity contribution in [2.45, 2.75) is 6.92 Å². The van der Waals surface area contributed by atoms with Gasteiger partial charge in [0.05, 0.1) is 7.11 Å². The average molecular weight is 266 g/mol. The van der Waals surface area contributed by atoms with Gasteiger partial charge in [-0.15, -0.1) is 12.4 Å². The summed E-state index contributed by atoms with van der Waals surface area (Å²) in [5, 5.41) is 5.41. The Labute approximate surface area is 113 Å². The van der Waals surface area contributed by atoms with Gasteiger partial charge in [0.25, 0.3) is 0 Å². The lowest BCUT2D eigenvalue weighted by Crippen LogP contribution is -2.15. The SMILES string of the molecule is COC(=O)CNc1c(C)ccc2ccccc12.Cl. The lowest BCUT2D eigenvalue weighted by molar-refractivity contribution is -0.138. The maximum atomic E-state index is 11.1. The Bertz CT molecular complexity index is 554. The van der Waals surface area contributed by atoms with Crippen LogP contribution in [0, 0.1) is 6.92 Å². The summed E-state index contributed by atoms with van der Waals surface area (Å²) in [5.74, 6) is -0.266. The molecule has 4 heteroatoms. The first-order valence-corrected chi connectivity index (χ1v) is 5.51. The van der Waals surface area contributed by atoms with E-state index in [-0.39, 0.29) is 24.9 Å². The number of anilines is 1. The van der Waals surface area contributed by atoms with E-state index in [0.29, 0.717) is 0 Å². The number of hydrogen-bond donors (Lipinski definition) is 1. The van der Waals surface area contributed by atoms with Crippen molar-refractivity contribution in [2.24, 2.45) is 0 Å². The third-order valence-corrected chi connectivity index (χ3v) is 2.77. The molecule has 0 aromatic heterocycles. The van der Waals surface area contributed by atoms with E-state index in [4.69, 9.17) is 0 Å². The summed E-state index contributed by atoms with van der Waals surface area (Å²) in [7, 11) is 1.39. The van der Waals surface area contributed by atoms with Gasteiger partial charge >= 0.3 is 5.97 Å². The summed E-state index contributed by atoms with van der Waals surface area (Å²) in [6, 6.07) is 12.2. The number of ether oxygens (including phenoxy) is 1. The first kappa shape index (κ1) is 14.3. The molecule has 2 aromatic rings. The fourth-order valence-corrected chi connectivity index (χ4v) is 1.85. The monoisotopic (exact) mass is 265 g/mol. The van der Waals surface area contributed by atoms with Crippen molar-refractivity contribution in [3.8, 4) is 0 Å². The van der Waals surface area contributed by atoms with Gasteiger partial charge in [-0.25, -0.2) is 0 Å². The second kappa shape index (κ2) is 6.26. The molecule has 0 saturated heterocycles. The number of fused-ring (bicyclic) bond motifs is 1. The molecule has 0 bridgehead atoms. The molecule has 0 unspecified atom stereocenters. The van der Waals surface area contributed by atoms with Crippen LogP contribution in [-0.4, -0.2) is 19.6 Å². The molecule has 0 aliphatic rings. The third kappa shape index (κ3) is 2.93. The molecule has 0 atom stereocenters. The van der Waals surface area contributed by atoms with E-state index in [1.807, 2.05) is 31.2 Å². The molecule has 0 radical (unpaired) electrons. The fourth-order valence-electron chi connectivity index (χ4n) is 1.85. The molecule has 2 aromatic carbocycles. The highest BCUT2D eigenvalue weighted by atomic mass is 35.5. The predicted octanol–water partition coefficient (Wildman–Crippen LogP) is 3.15. The number of methoxy groups -OCH3 is 1. The van der Waals surface area contributed by atoms with E-state index in [2.05, 4.69) is 22.2 Å². The van der Waals surface area contributed by atoms with Crippen LogP contribution in [0.15, 0.2) is 36.4 Å². The largest absolute Gasteiger partial charge is 0.468 e. The van der Waals surface area contributed by atoms with Crippen molar-refractivity contribution >= 4 is 34.8 Å². The van der Waals surface area contributed by atoms with Gasteiger partial charge in [-0.1, -0.05) is 36.4 Å². The number of hydrogen-bond acceptors (Lipinski definition) is 3. The quantitative estimate of drug-likeness (QED) is 0.867. The molecule has 1 N–H and O–H groups in total. The van der Waals surface area contributed by atoms with Crippen LogP contribution in [0.5, 0.6) is 0 Å². The molecule has 18 heavy (non-hydrogen) atoms. The number of carbonyl (C=O) groups is 1. The van der Waals surface area contributed by atoms with Gasteiger partial charge in [0, 0.05) is 11.1 Å². The number of rotatable bonds is 3. The fraction of sp³-hybridized carbons (Fsp3) is 0.214. The van der Waals surface area contributed by atoms with E-state index < -0.39 is 0 Å². The maximum absolute atomic E-state index is 11.1. The molecule has 0 amide bonds. The van der Waals surface area contributed by atoms with Gasteiger partial charge in [-0.3, -0.25) is 4.79 Å². The number of benzene rings is 2. The van der Waals surface area contributed by atoms with Crippen LogP contribution in [0.2, 0.25) is 0 Å². The summed E-state index contributed by atoms with van der Waals surface area (Å²) >= 11 is 0. The number of nitrogens with one attached hydrogen (secondary N) is 1. The van der Waals surface area contributed by atoms with Gasteiger partial charge in [-0.05, 0) is 17.9 Å². The molecule has 0 aliphatic carbocycles. The summed E-state index contributed by atoms with van der Waals surface area (Å²) in [4.78, 5) is 11.1. The molecular formula is C14H16ClNO2. The average Bonchev–Trinajstić information content (AvgIpc) is 2.37. The highest BCUT2D eigenvalue weighted by Crippen LogP contribution is 2.26. The molecule has 3 nitrogen and oxygen atoms in total. The molecule has 0 fully saturated rings. The molecule has 2 rings (SSSR count). The first-order valence-electron chi connectivity index (χ1n) is 5.51. The van der Waals surface area contributed by atoms with Crippen LogP contribution >= 0.6 is 12.4 Å². The van der Waals surface area contributed by atoms with Crippen molar-refractivity contribution in [1.82, 2.24) is 0 Å². The minimum absolute atomic E-state index is 0. The van der Waals surface area contributed by atoms with Crippen LogP contribution in [0.1, 0.15) is 5.56 Å². The Kier molecular flexibility index (Phi) is 4.98. The highest BCUT2D eigenvalue weighted by Gasteiger charge is 2.06. The van der Waals surface area contributed by atoms with Crippen LogP contribution in [-0.2, 0) is 9.53 Å². The topological polar surface area (TPSA) is 38.3 Å². The highest BCUT2D eigenvalue weighted by molar-refractivity contribution is 5.96. The molecule has 0 aliphatic heterocycles. The first-order chi connectivity index (χ1) is 8.22. The summed E-state index contributed by atoms with van der Waals surface area (Å²) in [5.41, 5.74) is 2.11. The smallest absolute Gasteiger partial charge is 0.325 e. The van der Waals surface area contributed by atoms with Crippen molar-refractivity contribution in [2.75, 3.05) is 19.0 Å². The number of esters is 1. The molecule has 0 heterocycles. The summed E-state index contributed by atoms with van der Waals surface area (Å²) in [6.07, 6.45) is 0. The Balaban J connectivity index is 0.00000162. The zero-order valence-corrected chi connectivity index (χ0v) is 11.2. The van der Waals surface area contributed by atoms with Crippen LogP contribution in [0.25, 0.3) is 10.8 Å². The Morgan fingerprint density at radius 3 is 2.67 bits per heavy atom. The van der Waals surface area contributed by atoms with Crippen molar-refractivity contribution in [3.63, 3.8) is 0 Å². The van der Waals surface area contributed by atoms with Crippen molar-refractivity contribution in [3.05, 3.63) is 42.0 Å². The zero-order valence-electron chi connectivity index (χ0n) is 10.4. The normalized spacial score (nSPS) is 9.67. The van der Waals surface area contributed by atoms with Gasteiger partial charge in [0.15, 0.2) is 0 Å². The number of carbonyl (C=O) groups excluding carboxylic acids is 1. The Morgan fingerprint density at radius 2 is 1.94 bits per heavy atom. The van der Waals surface area contributed by atoms with E-state index in [1.165, 1.54) is 7.11 Å². The molecule has 0 spiro atoms. The number of halogens is 1.